The third-order valence-corrected chi connectivity index (χ3v) is 6.65. The Balaban J connectivity index is 1.31. The average Bonchev–Trinajstić information content (AvgIpc) is 3.66. The van der Waals surface area contributed by atoms with Crippen LogP contribution in [0.4, 0.5) is 15.8 Å². The van der Waals surface area contributed by atoms with Crippen LogP contribution >= 0.6 is 0 Å². The molecule has 3 aromatic heterocycles. The molecule has 184 valence electrons. The van der Waals surface area contributed by atoms with E-state index >= 15 is 4.39 Å². The summed E-state index contributed by atoms with van der Waals surface area (Å²) in [5.74, 6) is -0.505. The maximum absolute atomic E-state index is 15.2. The summed E-state index contributed by atoms with van der Waals surface area (Å²) >= 11 is 0. The normalized spacial score (nSPS) is 14.3. The maximum Gasteiger partial charge on any atom is 0.202 e. The lowest BCUT2D eigenvalue weighted by Crippen LogP contribution is -2.20. The van der Waals surface area contributed by atoms with E-state index in [2.05, 4.69) is 37.1 Å². The Labute approximate surface area is 214 Å². The van der Waals surface area contributed by atoms with Crippen LogP contribution in [0.2, 0.25) is 0 Å². The number of fused-ring (bicyclic) bond motifs is 3. The molecule has 0 saturated heterocycles. The first-order valence-electron chi connectivity index (χ1n) is 11.8. The molecule has 0 spiro atoms. The lowest BCUT2D eigenvalue weighted by molar-refractivity contribution is 0.238. The molecule has 0 radical (unpaired) electrons. The van der Waals surface area contributed by atoms with E-state index < -0.39 is 12.2 Å². The SMILES string of the molecule is N#Cc1cnc(Cn2nccc2-c2cc(F)c3nnn(-c4ccc5c(c4)NC(O)N5)c3c2)c2ccccc12. The Morgan fingerprint density at radius 3 is 2.74 bits per heavy atom. The number of benzene rings is 3. The standard InChI is InChI=1S/C27H18FN9O/c28-20-9-15(10-25-26(20)34-35-37(25)17-5-6-21-22(11-17)33-27(38)32-21)24-7-8-31-36(24)14-23-19-4-2-1-3-18(19)16(12-29)13-30-23/h1-11,13,27,32-33,38H,14H2. The van der Waals surface area contributed by atoms with Gasteiger partial charge in [0.15, 0.2) is 5.82 Å². The van der Waals surface area contributed by atoms with E-state index in [0.29, 0.717) is 40.3 Å². The number of hydrogen-bond donors (Lipinski definition) is 3. The molecule has 1 aliphatic heterocycles. The van der Waals surface area contributed by atoms with Gasteiger partial charge in [0.1, 0.15) is 11.6 Å². The quantitative estimate of drug-likeness (QED) is 0.329. The molecule has 0 aliphatic carbocycles. The van der Waals surface area contributed by atoms with Crippen LogP contribution in [0.15, 0.2) is 73.1 Å². The predicted octanol–water partition coefficient (Wildman–Crippen LogP) is 4.00. The topological polar surface area (TPSA) is 130 Å². The van der Waals surface area contributed by atoms with Crippen LogP contribution < -0.4 is 10.6 Å². The van der Waals surface area contributed by atoms with Gasteiger partial charge in [0.2, 0.25) is 6.35 Å². The number of hydrogen-bond acceptors (Lipinski definition) is 8. The van der Waals surface area contributed by atoms with Crippen LogP contribution in [0.1, 0.15) is 11.3 Å². The Morgan fingerprint density at radius 2 is 1.87 bits per heavy atom. The second-order valence-corrected chi connectivity index (χ2v) is 8.90. The zero-order valence-electron chi connectivity index (χ0n) is 19.7. The zero-order chi connectivity index (χ0) is 25.8. The number of pyridine rings is 1. The number of anilines is 2. The molecule has 0 saturated carbocycles. The van der Waals surface area contributed by atoms with Gasteiger partial charge in [0.05, 0.1) is 46.1 Å². The van der Waals surface area contributed by atoms with Gasteiger partial charge in [0.25, 0.3) is 0 Å². The molecule has 3 aromatic carbocycles. The van der Waals surface area contributed by atoms with Crippen LogP contribution in [0.3, 0.4) is 0 Å². The van der Waals surface area contributed by atoms with Gasteiger partial charge < -0.3 is 15.7 Å². The van der Waals surface area contributed by atoms with Crippen molar-refractivity contribution < 1.29 is 9.50 Å². The molecule has 11 heteroatoms. The predicted molar refractivity (Wildman–Crippen MR) is 139 cm³/mol. The molecule has 38 heavy (non-hydrogen) atoms. The minimum absolute atomic E-state index is 0.145. The van der Waals surface area contributed by atoms with E-state index in [9.17, 15) is 10.4 Å². The first-order valence-corrected chi connectivity index (χ1v) is 11.8. The highest BCUT2D eigenvalue weighted by Crippen LogP contribution is 2.33. The van der Waals surface area contributed by atoms with Crippen molar-refractivity contribution in [2.75, 3.05) is 10.6 Å². The molecule has 3 N–H and O–H groups in total. The van der Waals surface area contributed by atoms with Gasteiger partial charge >= 0.3 is 0 Å². The molecule has 1 atom stereocenters. The minimum atomic E-state index is -0.875. The van der Waals surface area contributed by atoms with E-state index in [1.54, 1.807) is 21.8 Å². The number of nitrogens with zero attached hydrogens (tertiary/aromatic N) is 7. The average molecular weight is 504 g/mol. The first-order chi connectivity index (χ1) is 18.6. The van der Waals surface area contributed by atoms with E-state index in [1.807, 2.05) is 54.6 Å². The van der Waals surface area contributed by atoms with Gasteiger partial charge in [-0.2, -0.15) is 10.4 Å². The molecule has 1 unspecified atom stereocenters. The molecule has 0 bridgehead atoms. The fourth-order valence-electron chi connectivity index (χ4n) is 4.87. The van der Waals surface area contributed by atoms with Crippen LogP contribution in [0, 0.1) is 17.1 Å². The maximum atomic E-state index is 15.2. The second-order valence-electron chi connectivity index (χ2n) is 8.90. The third-order valence-electron chi connectivity index (χ3n) is 6.65. The van der Waals surface area contributed by atoms with Crippen LogP contribution in [0.25, 0.3) is 38.8 Å². The van der Waals surface area contributed by atoms with Crippen molar-refractivity contribution in [1.29, 1.82) is 5.26 Å². The lowest BCUT2D eigenvalue weighted by Gasteiger charge is -2.11. The van der Waals surface area contributed by atoms with Gasteiger partial charge in [-0.1, -0.05) is 29.5 Å². The summed E-state index contributed by atoms with van der Waals surface area (Å²) in [6.07, 6.45) is 2.35. The summed E-state index contributed by atoms with van der Waals surface area (Å²) in [5.41, 5.74) is 5.30. The highest BCUT2D eigenvalue weighted by molar-refractivity contribution is 5.89. The van der Waals surface area contributed by atoms with Gasteiger partial charge in [-0.25, -0.2) is 9.07 Å². The second kappa shape index (κ2) is 8.36. The highest BCUT2D eigenvalue weighted by Gasteiger charge is 2.20. The smallest absolute Gasteiger partial charge is 0.202 e. The molecule has 7 rings (SSSR count). The summed E-state index contributed by atoms with van der Waals surface area (Å²) in [7, 11) is 0. The number of rotatable bonds is 4. The molecule has 1 aliphatic rings. The number of aliphatic hydroxyl groups excluding tert-OH is 1. The van der Waals surface area contributed by atoms with Gasteiger partial charge in [-0.05, 0) is 36.4 Å². The van der Waals surface area contributed by atoms with Crippen LogP contribution in [0.5, 0.6) is 0 Å². The summed E-state index contributed by atoms with van der Waals surface area (Å²) in [6, 6.07) is 20.3. The van der Waals surface area contributed by atoms with Crippen molar-refractivity contribution in [3.8, 4) is 23.0 Å². The van der Waals surface area contributed by atoms with E-state index in [0.717, 1.165) is 22.2 Å². The molecule has 0 fully saturated rings. The molecule has 4 heterocycles. The van der Waals surface area contributed by atoms with Crippen molar-refractivity contribution >= 4 is 33.2 Å². The highest BCUT2D eigenvalue weighted by atomic mass is 19.1. The van der Waals surface area contributed by atoms with Gasteiger partial charge in [-0.3, -0.25) is 9.67 Å². The summed E-state index contributed by atoms with van der Waals surface area (Å²) in [4.78, 5) is 4.52. The molecule has 0 amide bonds. The summed E-state index contributed by atoms with van der Waals surface area (Å²) in [6.45, 7) is 0.331. The van der Waals surface area contributed by atoms with E-state index in [-0.39, 0.29) is 5.52 Å². The summed E-state index contributed by atoms with van der Waals surface area (Å²) < 4.78 is 18.6. The van der Waals surface area contributed by atoms with Crippen molar-refractivity contribution in [2.24, 2.45) is 0 Å². The number of aliphatic hydroxyl groups is 1. The van der Waals surface area contributed by atoms with Crippen LogP contribution in [-0.4, -0.2) is 41.2 Å². The molecule has 6 aromatic rings. The molecular weight excluding hydrogens is 485 g/mol. The first kappa shape index (κ1) is 21.9. The Bertz CT molecular complexity index is 1920. The number of nitrogens with one attached hydrogen (secondary N) is 2. The van der Waals surface area contributed by atoms with Gasteiger partial charge in [0, 0.05) is 28.7 Å². The Kier molecular flexibility index (Phi) is 4.82. The van der Waals surface area contributed by atoms with Gasteiger partial charge in [-0.15, -0.1) is 5.10 Å². The van der Waals surface area contributed by atoms with Crippen molar-refractivity contribution in [2.45, 2.75) is 12.9 Å². The number of aromatic nitrogens is 6. The zero-order valence-corrected chi connectivity index (χ0v) is 19.7. The monoisotopic (exact) mass is 503 g/mol. The van der Waals surface area contributed by atoms with E-state index in [4.69, 9.17) is 0 Å². The van der Waals surface area contributed by atoms with Crippen molar-refractivity contribution in [3.05, 3.63) is 90.1 Å². The van der Waals surface area contributed by atoms with Crippen LogP contribution in [-0.2, 0) is 6.54 Å². The number of halogens is 1. The van der Waals surface area contributed by atoms with Crippen molar-refractivity contribution in [1.82, 2.24) is 29.8 Å². The Morgan fingerprint density at radius 1 is 1.03 bits per heavy atom. The lowest BCUT2D eigenvalue weighted by atomic mass is 10.1. The number of nitriles is 1. The molecular formula is C27H18FN9O. The van der Waals surface area contributed by atoms with E-state index in [1.165, 1.54) is 6.07 Å². The largest absolute Gasteiger partial charge is 0.357 e. The fraction of sp³-hybridized carbons (Fsp3) is 0.0741. The third kappa shape index (κ3) is 3.43. The minimum Gasteiger partial charge on any atom is -0.357 e. The summed E-state index contributed by atoms with van der Waals surface area (Å²) in [5, 5.41) is 39.5. The van der Waals surface area contributed by atoms with Crippen molar-refractivity contribution in [3.63, 3.8) is 0 Å². The fourth-order valence-corrected chi connectivity index (χ4v) is 4.87. The Hall–Kier alpha value is -5.34. The molecule has 10 nitrogen and oxygen atoms in total.